The number of benzene rings is 1. The van der Waals surface area contributed by atoms with E-state index in [1.165, 1.54) is 0 Å². The van der Waals surface area contributed by atoms with E-state index < -0.39 is 0 Å². The minimum Gasteiger partial charge on any atom is -0.493 e. The fraction of sp³-hybridized carbons (Fsp3) is 0.625. The lowest BCUT2D eigenvalue weighted by atomic mass is 10.1. The molecular formula is C16H26ClNO3. The number of ether oxygens (including phenoxy) is 3. The Kier molecular flexibility index (Phi) is 8.50. The van der Waals surface area contributed by atoms with E-state index in [-0.39, 0.29) is 0 Å². The molecule has 0 saturated carbocycles. The van der Waals surface area contributed by atoms with Crippen molar-refractivity contribution in [2.75, 3.05) is 34.0 Å². The van der Waals surface area contributed by atoms with Crippen molar-refractivity contribution < 1.29 is 14.2 Å². The highest BCUT2D eigenvalue weighted by atomic mass is 35.5. The summed E-state index contributed by atoms with van der Waals surface area (Å²) in [6, 6.07) is 3.81. The van der Waals surface area contributed by atoms with Crippen LogP contribution in [0.25, 0.3) is 0 Å². The van der Waals surface area contributed by atoms with Gasteiger partial charge in [-0.3, -0.25) is 0 Å². The van der Waals surface area contributed by atoms with Gasteiger partial charge in [0.15, 0.2) is 11.5 Å². The molecule has 1 aromatic rings. The minimum atomic E-state index is 0.458. The Labute approximate surface area is 132 Å². The van der Waals surface area contributed by atoms with Gasteiger partial charge in [0, 0.05) is 13.2 Å². The smallest absolute Gasteiger partial charge is 0.179 e. The first-order valence-electron chi connectivity index (χ1n) is 7.30. The molecule has 0 heterocycles. The van der Waals surface area contributed by atoms with Gasteiger partial charge in [-0.15, -0.1) is 0 Å². The molecule has 0 fully saturated rings. The van der Waals surface area contributed by atoms with Crippen molar-refractivity contribution in [1.29, 1.82) is 0 Å². The van der Waals surface area contributed by atoms with Crippen LogP contribution in [0.15, 0.2) is 12.1 Å². The Morgan fingerprint density at radius 3 is 2.57 bits per heavy atom. The van der Waals surface area contributed by atoms with Crippen LogP contribution in [0, 0.1) is 5.92 Å². The van der Waals surface area contributed by atoms with E-state index in [0.717, 1.165) is 25.1 Å². The van der Waals surface area contributed by atoms with Gasteiger partial charge in [0.1, 0.15) is 6.61 Å². The van der Waals surface area contributed by atoms with E-state index >= 15 is 0 Å². The molecule has 0 aliphatic rings. The van der Waals surface area contributed by atoms with Gasteiger partial charge in [0.2, 0.25) is 0 Å². The molecule has 0 aromatic heterocycles. The summed E-state index contributed by atoms with van der Waals surface area (Å²) in [5.74, 6) is 1.88. The molecule has 0 amide bonds. The molecular weight excluding hydrogens is 290 g/mol. The van der Waals surface area contributed by atoms with Gasteiger partial charge in [-0.1, -0.05) is 25.4 Å². The fourth-order valence-electron chi connectivity index (χ4n) is 1.84. The molecule has 1 rings (SSSR count). The molecule has 0 atom stereocenters. The van der Waals surface area contributed by atoms with Gasteiger partial charge in [-0.25, -0.2) is 0 Å². The van der Waals surface area contributed by atoms with Crippen molar-refractivity contribution >= 4 is 11.6 Å². The predicted octanol–water partition coefficient (Wildman–Crippen LogP) is 3.51. The highest BCUT2D eigenvalue weighted by molar-refractivity contribution is 6.32. The van der Waals surface area contributed by atoms with Crippen LogP contribution in [0.1, 0.15) is 25.8 Å². The van der Waals surface area contributed by atoms with Crippen molar-refractivity contribution in [2.45, 2.75) is 26.8 Å². The normalized spacial score (nSPS) is 11.0. The highest BCUT2D eigenvalue weighted by Gasteiger charge is 2.11. The van der Waals surface area contributed by atoms with E-state index in [0.29, 0.717) is 35.7 Å². The van der Waals surface area contributed by atoms with Crippen LogP contribution < -0.4 is 14.8 Å². The predicted molar refractivity (Wildman–Crippen MR) is 86.5 cm³/mol. The standard InChI is InChI=1S/C16H26ClNO3/c1-12(2)5-6-20-7-8-21-16-14(17)9-13(11-18-3)10-15(16)19-4/h9-10,12,18H,5-8,11H2,1-4H3. The average Bonchev–Trinajstić information content (AvgIpc) is 2.44. The highest BCUT2D eigenvalue weighted by Crippen LogP contribution is 2.36. The number of hydrogen-bond donors (Lipinski definition) is 1. The Morgan fingerprint density at radius 2 is 1.95 bits per heavy atom. The van der Waals surface area contributed by atoms with E-state index in [1.807, 2.05) is 19.2 Å². The zero-order chi connectivity index (χ0) is 15.7. The topological polar surface area (TPSA) is 39.7 Å². The molecule has 1 aromatic carbocycles. The van der Waals surface area contributed by atoms with E-state index in [9.17, 15) is 0 Å². The largest absolute Gasteiger partial charge is 0.493 e. The molecule has 0 radical (unpaired) electrons. The molecule has 0 bridgehead atoms. The first-order chi connectivity index (χ1) is 10.1. The van der Waals surface area contributed by atoms with E-state index in [1.54, 1.807) is 7.11 Å². The van der Waals surface area contributed by atoms with Crippen molar-refractivity contribution in [3.05, 3.63) is 22.7 Å². The summed E-state index contributed by atoms with van der Waals surface area (Å²) in [6.45, 7) is 6.85. The molecule has 0 spiro atoms. The second-order valence-electron chi connectivity index (χ2n) is 5.28. The molecule has 1 N–H and O–H groups in total. The van der Waals surface area contributed by atoms with E-state index in [4.69, 9.17) is 25.8 Å². The molecule has 0 aliphatic heterocycles. The lowest BCUT2D eigenvalue weighted by molar-refractivity contribution is 0.0916. The SMILES string of the molecule is CNCc1cc(Cl)c(OCCOCCC(C)C)c(OC)c1. The van der Waals surface area contributed by atoms with Crippen molar-refractivity contribution in [2.24, 2.45) is 5.92 Å². The van der Waals surface area contributed by atoms with Gasteiger partial charge in [0.25, 0.3) is 0 Å². The monoisotopic (exact) mass is 315 g/mol. The molecule has 5 heteroatoms. The third kappa shape index (κ3) is 6.55. The number of halogens is 1. The zero-order valence-electron chi connectivity index (χ0n) is 13.4. The summed E-state index contributed by atoms with van der Waals surface area (Å²) < 4.78 is 16.6. The molecule has 0 unspecified atom stereocenters. The first kappa shape index (κ1) is 18.1. The number of nitrogens with one attached hydrogen (secondary N) is 1. The molecule has 4 nitrogen and oxygen atoms in total. The fourth-order valence-corrected chi connectivity index (χ4v) is 2.13. The van der Waals surface area contributed by atoms with Gasteiger partial charge >= 0.3 is 0 Å². The maximum Gasteiger partial charge on any atom is 0.179 e. The minimum absolute atomic E-state index is 0.458. The number of hydrogen-bond acceptors (Lipinski definition) is 4. The summed E-state index contributed by atoms with van der Waals surface area (Å²) in [5.41, 5.74) is 1.06. The Hall–Kier alpha value is -0.970. The Morgan fingerprint density at radius 1 is 1.19 bits per heavy atom. The van der Waals surface area contributed by atoms with Gasteiger partial charge in [-0.2, -0.15) is 0 Å². The maximum atomic E-state index is 6.26. The molecule has 120 valence electrons. The van der Waals surface area contributed by atoms with Gasteiger partial charge < -0.3 is 19.5 Å². The molecule has 0 aliphatic carbocycles. The van der Waals surface area contributed by atoms with Crippen LogP contribution in [0.2, 0.25) is 5.02 Å². The lowest BCUT2D eigenvalue weighted by Gasteiger charge is -2.14. The third-order valence-corrected chi connectivity index (χ3v) is 3.26. The van der Waals surface area contributed by atoms with Crippen LogP contribution in [-0.4, -0.2) is 34.0 Å². The van der Waals surface area contributed by atoms with Crippen LogP contribution >= 0.6 is 11.6 Å². The average molecular weight is 316 g/mol. The number of methoxy groups -OCH3 is 1. The summed E-state index contributed by atoms with van der Waals surface area (Å²) in [5, 5.41) is 3.64. The van der Waals surface area contributed by atoms with Crippen LogP contribution in [0.3, 0.4) is 0 Å². The second-order valence-corrected chi connectivity index (χ2v) is 5.69. The number of rotatable bonds is 10. The Bertz CT molecular complexity index is 424. The van der Waals surface area contributed by atoms with Crippen molar-refractivity contribution in [3.8, 4) is 11.5 Å². The first-order valence-corrected chi connectivity index (χ1v) is 7.67. The second kappa shape index (κ2) is 9.87. The summed E-state index contributed by atoms with van der Waals surface area (Å²) >= 11 is 6.26. The summed E-state index contributed by atoms with van der Waals surface area (Å²) in [4.78, 5) is 0. The Balaban J connectivity index is 2.50. The zero-order valence-corrected chi connectivity index (χ0v) is 14.1. The molecule has 21 heavy (non-hydrogen) atoms. The van der Waals surface area contributed by atoms with Gasteiger partial charge in [0.05, 0.1) is 18.7 Å². The van der Waals surface area contributed by atoms with Gasteiger partial charge in [-0.05, 0) is 37.1 Å². The quantitative estimate of drug-likeness (QED) is 0.671. The van der Waals surface area contributed by atoms with E-state index in [2.05, 4.69) is 19.2 Å². The third-order valence-electron chi connectivity index (χ3n) is 2.98. The summed E-state index contributed by atoms with van der Waals surface area (Å²) in [6.07, 6.45) is 1.06. The van der Waals surface area contributed by atoms with Crippen LogP contribution in [0.5, 0.6) is 11.5 Å². The lowest BCUT2D eigenvalue weighted by Crippen LogP contribution is -2.10. The van der Waals surface area contributed by atoms with Crippen LogP contribution in [-0.2, 0) is 11.3 Å². The molecule has 0 saturated heterocycles. The van der Waals surface area contributed by atoms with Crippen molar-refractivity contribution in [1.82, 2.24) is 5.32 Å². The maximum absolute atomic E-state index is 6.26. The summed E-state index contributed by atoms with van der Waals surface area (Å²) in [7, 11) is 3.50. The van der Waals surface area contributed by atoms with Crippen LogP contribution in [0.4, 0.5) is 0 Å². The van der Waals surface area contributed by atoms with Crippen molar-refractivity contribution in [3.63, 3.8) is 0 Å².